The molecule has 86 valence electrons. The molecule has 2 aromatic rings. The van der Waals surface area contributed by atoms with Crippen LogP contribution < -0.4 is 0 Å². The van der Waals surface area contributed by atoms with Crippen molar-refractivity contribution in [1.82, 2.24) is 9.97 Å². The van der Waals surface area contributed by atoms with E-state index in [2.05, 4.69) is 9.97 Å². The fourth-order valence-electron chi connectivity index (χ4n) is 3.45. The number of fused-ring (bicyclic) bond motifs is 2. The lowest BCUT2D eigenvalue weighted by Gasteiger charge is -2.13. The van der Waals surface area contributed by atoms with Gasteiger partial charge in [0.2, 0.25) is 0 Å². The van der Waals surface area contributed by atoms with Crippen LogP contribution in [0.2, 0.25) is 0 Å². The normalized spacial score (nSPS) is 34.9. The van der Waals surface area contributed by atoms with Crippen molar-refractivity contribution in [3.63, 3.8) is 0 Å². The maximum absolute atomic E-state index is 10.6. The SMILES string of the molecule is OC1(c2cnc3ccccc3n2)C2CCCC21. The van der Waals surface area contributed by atoms with Gasteiger partial charge in [0.15, 0.2) is 0 Å². The highest BCUT2D eigenvalue weighted by atomic mass is 16.3. The molecule has 2 atom stereocenters. The van der Waals surface area contributed by atoms with E-state index in [9.17, 15) is 5.11 Å². The van der Waals surface area contributed by atoms with Crippen LogP contribution in [0.1, 0.15) is 25.0 Å². The van der Waals surface area contributed by atoms with Crippen LogP contribution in [0.25, 0.3) is 11.0 Å². The molecule has 1 N–H and O–H groups in total. The predicted molar refractivity (Wildman–Crippen MR) is 64.3 cm³/mol. The molecule has 3 heteroatoms. The van der Waals surface area contributed by atoms with E-state index in [1.807, 2.05) is 24.3 Å². The minimum atomic E-state index is -0.671. The first-order chi connectivity index (χ1) is 8.30. The molecule has 0 bridgehead atoms. The van der Waals surface area contributed by atoms with Gasteiger partial charge in [-0.25, -0.2) is 4.98 Å². The van der Waals surface area contributed by atoms with Crippen LogP contribution in [0, 0.1) is 11.8 Å². The highest BCUT2D eigenvalue weighted by Gasteiger charge is 2.67. The van der Waals surface area contributed by atoms with Crippen LogP contribution in [0.3, 0.4) is 0 Å². The molecule has 1 heterocycles. The van der Waals surface area contributed by atoms with E-state index in [4.69, 9.17) is 0 Å². The zero-order chi connectivity index (χ0) is 11.5. The maximum atomic E-state index is 10.6. The summed E-state index contributed by atoms with van der Waals surface area (Å²) in [6.45, 7) is 0. The Bertz CT molecular complexity index is 586. The van der Waals surface area contributed by atoms with Crippen LogP contribution in [-0.4, -0.2) is 15.1 Å². The van der Waals surface area contributed by atoms with Crippen LogP contribution in [0.4, 0.5) is 0 Å². The molecule has 2 aliphatic carbocycles. The Morgan fingerprint density at radius 3 is 2.59 bits per heavy atom. The summed E-state index contributed by atoms with van der Waals surface area (Å²) in [6.07, 6.45) is 5.27. The van der Waals surface area contributed by atoms with Crippen molar-refractivity contribution >= 4 is 11.0 Å². The van der Waals surface area contributed by atoms with Gasteiger partial charge in [0, 0.05) is 0 Å². The minimum absolute atomic E-state index is 0.429. The third-order valence-electron chi connectivity index (χ3n) is 4.40. The molecule has 2 fully saturated rings. The molecule has 1 aromatic heterocycles. The van der Waals surface area contributed by atoms with Crippen molar-refractivity contribution in [2.45, 2.75) is 24.9 Å². The fourth-order valence-corrected chi connectivity index (χ4v) is 3.45. The monoisotopic (exact) mass is 226 g/mol. The summed E-state index contributed by atoms with van der Waals surface area (Å²) in [5, 5.41) is 10.6. The van der Waals surface area contributed by atoms with Crippen molar-refractivity contribution in [3.8, 4) is 0 Å². The summed E-state index contributed by atoms with van der Waals surface area (Å²) in [7, 11) is 0. The van der Waals surface area contributed by atoms with Crippen LogP contribution in [0.15, 0.2) is 30.5 Å². The Kier molecular flexibility index (Phi) is 1.71. The number of aromatic nitrogens is 2. The topological polar surface area (TPSA) is 46.0 Å². The van der Waals surface area contributed by atoms with E-state index >= 15 is 0 Å². The zero-order valence-corrected chi connectivity index (χ0v) is 9.50. The first-order valence-electron chi connectivity index (χ1n) is 6.25. The first-order valence-corrected chi connectivity index (χ1v) is 6.25. The number of para-hydroxylation sites is 2. The second-order valence-electron chi connectivity index (χ2n) is 5.21. The molecule has 1 aromatic carbocycles. The van der Waals surface area contributed by atoms with Crippen molar-refractivity contribution in [1.29, 1.82) is 0 Å². The lowest BCUT2D eigenvalue weighted by Crippen LogP contribution is -2.15. The Morgan fingerprint density at radius 1 is 1.12 bits per heavy atom. The van der Waals surface area contributed by atoms with E-state index in [1.54, 1.807) is 6.20 Å². The quantitative estimate of drug-likeness (QED) is 0.811. The summed E-state index contributed by atoms with van der Waals surface area (Å²) in [5.74, 6) is 0.857. The van der Waals surface area contributed by atoms with E-state index in [-0.39, 0.29) is 0 Å². The van der Waals surface area contributed by atoms with Gasteiger partial charge in [0.1, 0.15) is 5.60 Å². The minimum Gasteiger partial charge on any atom is -0.383 e. The third-order valence-corrected chi connectivity index (χ3v) is 4.40. The summed E-state index contributed by atoms with van der Waals surface area (Å²) in [5.41, 5.74) is 1.87. The average molecular weight is 226 g/mol. The van der Waals surface area contributed by atoms with Crippen LogP contribution >= 0.6 is 0 Å². The second kappa shape index (κ2) is 3.05. The summed E-state index contributed by atoms with van der Waals surface area (Å²) >= 11 is 0. The molecule has 2 saturated carbocycles. The third kappa shape index (κ3) is 1.15. The zero-order valence-electron chi connectivity index (χ0n) is 9.50. The van der Waals surface area contributed by atoms with Gasteiger partial charge in [0.05, 0.1) is 22.9 Å². The van der Waals surface area contributed by atoms with Gasteiger partial charge < -0.3 is 5.11 Å². The smallest absolute Gasteiger partial charge is 0.114 e. The molecular formula is C14H14N2O. The Labute approximate surface area is 99.5 Å². The molecule has 2 aliphatic rings. The Morgan fingerprint density at radius 2 is 1.82 bits per heavy atom. The number of rotatable bonds is 1. The second-order valence-corrected chi connectivity index (χ2v) is 5.21. The summed E-state index contributed by atoms with van der Waals surface area (Å²) in [6, 6.07) is 7.81. The standard InChI is InChI=1S/C14H14N2O/c17-14(9-4-3-5-10(9)14)13-8-15-11-6-1-2-7-12(11)16-13/h1-2,6-10,17H,3-5H2. The summed E-state index contributed by atoms with van der Waals surface area (Å²) in [4.78, 5) is 8.97. The number of nitrogens with zero attached hydrogens (tertiary/aromatic N) is 2. The van der Waals surface area contributed by atoms with E-state index in [0.29, 0.717) is 11.8 Å². The molecule has 4 rings (SSSR count). The van der Waals surface area contributed by atoms with Crippen molar-refractivity contribution in [2.24, 2.45) is 11.8 Å². The fraction of sp³-hybridized carbons (Fsp3) is 0.429. The van der Waals surface area contributed by atoms with Gasteiger partial charge in [-0.3, -0.25) is 4.98 Å². The van der Waals surface area contributed by atoms with Gasteiger partial charge in [0.25, 0.3) is 0 Å². The molecule has 0 amide bonds. The van der Waals surface area contributed by atoms with Crippen molar-refractivity contribution in [3.05, 3.63) is 36.2 Å². The number of benzene rings is 1. The molecule has 17 heavy (non-hydrogen) atoms. The van der Waals surface area contributed by atoms with Gasteiger partial charge in [-0.2, -0.15) is 0 Å². The van der Waals surface area contributed by atoms with Crippen LogP contribution in [0.5, 0.6) is 0 Å². The number of hydrogen-bond donors (Lipinski definition) is 1. The van der Waals surface area contributed by atoms with E-state index in [1.165, 1.54) is 6.42 Å². The Balaban J connectivity index is 1.82. The molecule has 0 spiro atoms. The lowest BCUT2D eigenvalue weighted by molar-refractivity contribution is 0.101. The van der Waals surface area contributed by atoms with Crippen molar-refractivity contribution in [2.75, 3.05) is 0 Å². The predicted octanol–water partition coefficient (Wildman–Crippen LogP) is 2.25. The average Bonchev–Trinajstić information content (AvgIpc) is 2.79. The molecule has 0 aliphatic heterocycles. The maximum Gasteiger partial charge on any atom is 0.114 e. The van der Waals surface area contributed by atoms with Gasteiger partial charge in [-0.05, 0) is 36.8 Å². The number of hydrogen-bond acceptors (Lipinski definition) is 3. The largest absolute Gasteiger partial charge is 0.383 e. The highest BCUT2D eigenvalue weighted by molar-refractivity contribution is 5.73. The summed E-state index contributed by atoms with van der Waals surface area (Å²) < 4.78 is 0. The van der Waals surface area contributed by atoms with Crippen LogP contribution in [-0.2, 0) is 5.60 Å². The number of aliphatic hydroxyl groups is 1. The van der Waals surface area contributed by atoms with Gasteiger partial charge >= 0.3 is 0 Å². The first kappa shape index (κ1) is 9.54. The van der Waals surface area contributed by atoms with Gasteiger partial charge in [-0.1, -0.05) is 18.6 Å². The van der Waals surface area contributed by atoms with E-state index < -0.39 is 5.60 Å². The van der Waals surface area contributed by atoms with Gasteiger partial charge in [-0.15, -0.1) is 0 Å². The molecule has 0 saturated heterocycles. The lowest BCUT2D eigenvalue weighted by atomic mass is 10.1. The van der Waals surface area contributed by atoms with E-state index in [0.717, 1.165) is 29.6 Å². The van der Waals surface area contributed by atoms with Crippen molar-refractivity contribution < 1.29 is 5.11 Å². The molecule has 2 unspecified atom stereocenters. The molecule has 0 radical (unpaired) electrons. The highest BCUT2D eigenvalue weighted by Crippen LogP contribution is 2.65. The molecular weight excluding hydrogens is 212 g/mol. The molecule has 3 nitrogen and oxygen atoms in total. The Hall–Kier alpha value is -1.48.